The van der Waals surface area contributed by atoms with Crippen molar-refractivity contribution in [2.45, 2.75) is 13.8 Å². The van der Waals surface area contributed by atoms with E-state index in [0.29, 0.717) is 22.0 Å². The molecular formula is C12H13N3O3S. The number of aromatic amines is 1. The molecule has 0 spiro atoms. The van der Waals surface area contributed by atoms with Gasteiger partial charge < -0.3 is 10.1 Å². The fourth-order valence-corrected chi connectivity index (χ4v) is 2.46. The van der Waals surface area contributed by atoms with Gasteiger partial charge in [0.2, 0.25) is 0 Å². The lowest BCUT2D eigenvalue weighted by Gasteiger charge is -1.99. The second-order valence-corrected chi connectivity index (χ2v) is 4.84. The maximum atomic E-state index is 11.8. The van der Waals surface area contributed by atoms with Crippen molar-refractivity contribution in [3.8, 4) is 0 Å². The number of carbonyl (C=O) groups is 2. The summed E-state index contributed by atoms with van der Waals surface area (Å²) in [6.07, 6.45) is 2.93. The molecule has 0 saturated carbocycles. The van der Waals surface area contributed by atoms with Crippen molar-refractivity contribution >= 4 is 28.2 Å². The number of hydrogen-bond donors (Lipinski definition) is 2. The molecule has 0 aromatic carbocycles. The van der Waals surface area contributed by atoms with Gasteiger partial charge in [-0.15, -0.1) is 11.3 Å². The highest BCUT2D eigenvalue weighted by Gasteiger charge is 2.16. The van der Waals surface area contributed by atoms with Crippen LogP contribution in [0.25, 0.3) is 0 Å². The van der Waals surface area contributed by atoms with Crippen molar-refractivity contribution in [1.82, 2.24) is 10.2 Å². The molecule has 0 bridgehead atoms. The van der Waals surface area contributed by atoms with Gasteiger partial charge in [-0.05, 0) is 25.5 Å². The molecule has 0 aliphatic heterocycles. The van der Waals surface area contributed by atoms with Gasteiger partial charge >= 0.3 is 5.97 Å². The van der Waals surface area contributed by atoms with E-state index >= 15 is 0 Å². The zero-order valence-corrected chi connectivity index (χ0v) is 11.3. The van der Waals surface area contributed by atoms with Crippen LogP contribution in [0.2, 0.25) is 0 Å². The lowest BCUT2D eigenvalue weighted by molar-refractivity contribution is 0.0531. The molecule has 0 atom stereocenters. The summed E-state index contributed by atoms with van der Waals surface area (Å²) in [7, 11) is 0. The maximum Gasteiger partial charge on any atom is 0.348 e. The van der Waals surface area contributed by atoms with Crippen molar-refractivity contribution in [1.29, 1.82) is 0 Å². The summed E-state index contributed by atoms with van der Waals surface area (Å²) >= 11 is 1.20. The molecule has 0 saturated heterocycles. The molecule has 2 aromatic rings. The van der Waals surface area contributed by atoms with E-state index in [4.69, 9.17) is 4.74 Å². The molecule has 19 heavy (non-hydrogen) atoms. The predicted molar refractivity (Wildman–Crippen MR) is 71.6 cm³/mol. The summed E-state index contributed by atoms with van der Waals surface area (Å²) in [6.45, 7) is 3.88. The summed E-state index contributed by atoms with van der Waals surface area (Å²) in [4.78, 5) is 24.0. The van der Waals surface area contributed by atoms with Crippen LogP contribution in [0.4, 0.5) is 5.00 Å². The molecule has 0 aliphatic rings. The van der Waals surface area contributed by atoms with E-state index in [0.717, 1.165) is 5.56 Å². The molecular weight excluding hydrogens is 266 g/mol. The zero-order valence-electron chi connectivity index (χ0n) is 10.5. The molecule has 0 unspecified atom stereocenters. The average Bonchev–Trinajstić information content (AvgIpc) is 2.99. The van der Waals surface area contributed by atoms with E-state index in [-0.39, 0.29) is 11.9 Å². The van der Waals surface area contributed by atoms with Gasteiger partial charge in [-0.25, -0.2) is 4.79 Å². The Morgan fingerprint density at radius 1 is 1.53 bits per heavy atom. The number of aryl methyl sites for hydroxylation is 1. The number of ether oxygens (including phenoxy) is 1. The third-order valence-corrected chi connectivity index (χ3v) is 3.51. The van der Waals surface area contributed by atoms with Gasteiger partial charge in [0.05, 0.1) is 23.4 Å². The Labute approximate surface area is 113 Å². The molecule has 2 rings (SSSR count). The monoisotopic (exact) mass is 279 g/mol. The van der Waals surface area contributed by atoms with Gasteiger partial charge in [-0.2, -0.15) is 5.10 Å². The number of aromatic nitrogens is 2. The molecule has 0 fully saturated rings. The van der Waals surface area contributed by atoms with Gasteiger partial charge in [-0.1, -0.05) is 0 Å². The minimum absolute atomic E-state index is 0.273. The first kappa shape index (κ1) is 13.3. The van der Waals surface area contributed by atoms with Crippen LogP contribution in [0.15, 0.2) is 18.5 Å². The highest BCUT2D eigenvalue weighted by Crippen LogP contribution is 2.27. The predicted octanol–water partition coefficient (Wildman–Crippen LogP) is 2.21. The Kier molecular flexibility index (Phi) is 3.96. The summed E-state index contributed by atoms with van der Waals surface area (Å²) in [5, 5.41) is 9.59. The number of nitrogens with zero attached hydrogens (tertiary/aromatic N) is 1. The summed E-state index contributed by atoms with van der Waals surface area (Å²) in [6, 6.07) is 1.74. The number of carbonyl (C=O) groups excluding carboxylic acids is 2. The number of H-pyrrole nitrogens is 1. The minimum Gasteiger partial charge on any atom is -0.462 e. The van der Waals surface area contributed by atoms with Crippen LogP contribution in [-0.4, -0.2) is 28.7 Å². The number of amides is 1. The molecule has 0 aliphatic carbocycles. The summed E-state index contributed by atoms with van der Waals surface area (Å²) in [5.41, 5.74) is 1.22. The first-order valence-corrected chi connectivity index (χ1v) is 6.51. The molecule has 6 nitrogen and oxygen atoms in total. The first-order chi connectivity index (χ1) is 9.11. The number of esters is 1. The number of thiophene rings is 1. The lowest BCUT2D eigenvalue weighted by Crippen LogP contribution is -2.09. The number of nitrogens with one attached hydrogen (secondary N) is 2. The molecule has 2 N–H and O–H groups in total. The third kappa shape index (κ3) is 3.00. The first-order valence-electron chi connectivity index (χ1n) is 5.69. The Balaban J connectivity index is 2.12. The molecule has 0 radical (unpaired) electrons. The molecule has 2 aromatic heterocycles. The lowest BCUT2D eigenvalue weighted by atomic mass is 10.3. The average molecular weight is 279 g/mol. The van der Waals surface area contributed by atoms with Gasteiger partial charge in [0.25, 0.3) is 5.91 Å². The van der Waals surface area contributed by atoms with Crippen molar-refractivity contribution in [3.63, 3.8) is 0 Å². The van der Waals surface area contributed by atoms with Crippen molar-refractivity contribution in [2.75, 3.05) is 11.9 Å². The van der Waals surface area contributed by atoms with Crippen LogP contribution < -0.4 is 5.32 Å². The van der Waals surface area contributed by atoms with E-state index in [1.54, 1.807) is 19.9 Å². The smallest absolute Gasteiger partial charge is 0.348 e. The third-order valence-electron chi connectivity index (χ3n) is 2.38. The second kappa shape index (κ2) is 5.66. The number of hydrogen-bond acceptors (Lipinski definition) is 5. The fraction of sp³-hybridized carbons (Fsp3) is 0.250. The van der Waals surface area contributed by atoms with Gasteiger partial charge in [0, 0.05) is 6.20 Å². The summed E-state index contributed by atoms with van der Waals surface area (Å²) < 4.78 is 4.94. The van der Waals surface area contributed by atoms with Crippen molar-refractivity contribution in [2.24, 2.45) is 0 Å². The Bertz CT molecular complexity index is 589. The fourth-order valence-electron chi connectivity index (χ4n) is 1.50. The topological polar surface area (TPSA) is 84.1 Å². The largest absolute Gasteiger partial charge is 0.462 e. The van der Waals surface area contributed by atoms with Crippen LogP contribution >= 0.6 is 11.3 Å². The van der Waals surface area contributed by atoms with Crippen LogP contribution in [0, 0.1) is 6.92 Å². The van der Waals surface area contributed by atoms with E-state index in [2.05, 4.69) is 15.5 Å². The second-order valence-electron chi connectivity index (χ2n) is 3.78. The zero-order chi connectivity index (χ0) is 13.8. The Morgan fingerprint density at radius 2 is 2.32 bits per heavy atom. The van der Waals surface area contributed by atoms with Gasteiger partial charge in [0.1, 0.15) is 4.88 Å². The standard InChI is InChI=1S/C12H13N3O3S/c1-3-18-12(17)10-7(2)4-9(19-10)15-11(16)8-5-13-14-6-8/h4-6H,3H2,1-2H3,(H,13,14)(H,15,16). The Morgan fingerprint density at radius 3 is 2.95 bits per heavy atom. The van der Waals surface area contributed by atoms with Crippen LogP contribution in [0.1, 0.15) is 32.5 Å². The normalized spacial score (nSPS) is 10.2. The Hall–Kier alpha value is -2.15. The highest BCUT2D eigenvalue weighted by molar-refractivity contribution is 7.18. The van der Waals surface area contributed by atoms with Crippen molar-refractivity contribution in [3.05, 3.63) is 34.5 Å². The van der Waals surface area contributed by atoms with Crippen LogP contribution in [0.3, 0.4) is 0 Å². The molecule has 100 valence electrons. The molecule has 2 heterocycles. The van der Waals surface area contributed by atoms with Gasteiger partial charge in [0.15, 0.2) is 0 Å². The maximum absolute atomic E-state index is 11.8. The van der Waals surface area contributed by atoms with E-state index in [1.807, 2.05) is 0 Å². The quantitative estimate of drug-likeness (QED) is 0.840. The van der Waals surface area contributed by atoms with Gasteiger partial charge in [-0.3, -0.25) is 9.89 Å². The van der Waals surface area contributed by atoms with Crippen molar-refractivity contribution < 1.29 is 14.3 Å². The molecule has 1 amide bonds. The number of rotatable bonds is 4. The SMILES string of the molecule is CCOC(=O)c1sc(NC(=O)c2cn[nH]c2)cc1C. The molecule has 7 heteroatoms. The van der Waals surface area contributed by atoms with Crippen LogP contribution in [0.5, 0.6) is 0 Å². The van der Waals surface area contributed by atoms with Crippen LogP contribution in [-0.2, 0) is 4.74 Å². The summed E-state index contributed by atoms with van der Waals surface area (Å²) in [5.74, 6) is -0.640. The van der Waals surface area contributed by atoms with E-state index < -0.39 is 0 Å². The van der Waals surface area contributed by atoms with E-state index in [9.17, 15) is 9.59 Å². The van der Waals surface area contributed by atoms with E-state index in [1.165, 1.54) is 23.7 Å². The minimum atomic E-state index is -0.367. The number of anilines is 1. The highest BCUT2D eigenvalue weighted by atomic mass is 32.1.